The molecule has 5 rings (SSSR count). The Morgan fingerprint density at radius 3 is 2.41 bits per heavy atom. The zero-order valence-electron chi connectivity index (χ0n) is 20.2. The van der Waals surface area contributed by atoms with Gasteiger partial charge in [-0.25, -0.2) is 0 Å². The van der Waals surface area contributed by atoms with E-state index in [1.165, 1.54) is 0 Å². The minimum Gasteiger partial charge on any atom is -0.482 e. The van der Waals surface area contributed by atoms with Gasteiger partial charge in [-0.3, -0.25) is 9.59 Å². The third-order valence-corrected chi connectivity index (χ3v) is 7.31. The Morgan fingerprint density at radius 2 is 1.70 bits per heavy atom. The minimum atomic E-state index is -0.236. The number of fused-ring (bicyclic) bond motifs is 1. The summed E-state index contributed by atoms with van der Waals surface area (Å²) in [6.07, 6.45) is 0. The first-order valence-electron chi connectivity index (χ1n) is 11.9. The number of benzene rings is 3. The number of amides is 2. The summed E-state index contributed by atoms with van der Waals surface area (Å²) in [5, 5.41) is 3.80. The molecule has 1 aromatic heterocycles. The van der Waals surface area contributed by atoms with E-state index in [4.69, 9.17) is 9.15 Å². The number of nitrogens with one attached hydrogen (secondary N) is 1. The van der Waals surface area contributed by atoms with Crippen molar-refractivity contribution in [3.05, 3.63) is 87.0 Å². The molecule has 2 amide bonds. The Balaban J connectivity index is 1.12. The standard InChI is InChI=1S/C28H25Br2N3O4/c1-18-14-20(29)16-23(30)27(18)36-17-26(34)31-21-6-8-22(9-7-21)32-10-12-33(13-11-32)28(35)25-15-19-4-2-3-5-24(19)37-25/h2-9,14-16H,10-13,17H2,1H3,(H,31,34). The molecule has 1 aliphatic heterocycles. The van der Waals surface area contributed by atoms with Crippen molar-refractivity contribution in [2.45, 2.75) is 6.92 Å². The van der Waals surface area contributed by atoms with Crippen molar-refractivity contribution >= 4 is 66.0 Å². The van der Waals surface area contributed by atoms with Gasteiger partial charge in [-0.15, -0.1) is 0 Å². The van der Waals surface area contributed by atoms with Crippen LogP contribution in [0.4, 0.5) is 11.4 Å². The largest absolute Gasteiger partial charge is 0.482 e. The van der Waals surface area contributed by atoms with Gasteiger partial charge in [0.05, 0.1) is 4.47 Å². The molecule has 0 atom stereocenters. The van der Waals surface area contributed by atoms with Crippen LogP contribution >= 0.6 is 31.9 Å². The highest BCUT2D eigenvalue weighted by Gasteiger charge is 2.24. The van der Waals surface area contributed by atoms with Crippen LogP contribution in [0.5, 0.6) is 5.75 Å². The molecule has 0 unspecified atom stereocenters. The number of anilines is 2. The molecule has 1 N–H and O–H groups in total. The number of carbonyl (C=O) groups is 2. The summed E-state index contributed by atoms with van der Waals surface area (Å²) in [4.78, 5) is 29.4. The Hall–Kier alpha value is -3.30. The highest BCUT2D eigenvalue weighted by molar-refractivity contribution is 9.11. The zero-order valence-corrected chi connectivity index (χ0v) is 23.3. The Labute approximate surface area is 231 Å². The van der Waals surface area contributed by atoms with Crippen LogP contribution in [0.2, 0.25) is 0 Å². The first-order valence-corrected chi connectivity index (χ1v) is 13.5. The lowest BCUT2D eigenvalue weighted by Crippen LogP contribution is -2.48. The molecule has 1 saturated heterocycles. The van der Waals surface area contributed by atoms with E-state index in [1.54, 1.807) is 6.07 Å². The zero-order chi connectivity index (χ0) is 25.9. The summed E-state index contributed by atoms with van der Waals surface area (Å²) < 4.78 is 13.2. The maximum Gasteiger partial charge on any atom is 0.289 e. The van der Waals surface area contributed by atoms with Crippen LogP contribution in [-0.4, -0.2) is 49.5 Å². The summed E-state index contributed by atoms with van der Waals surface area (Å²) in [6.45, 7) is 4.48. The van der Waals surface area contributed by atoms with Gasteiger partial charge in [0.25, 0.3) is 11.8 Å². The van der Waals surface area contributed by atoms with E-state index in [-0.39, 0.29) is 18.4 Å². The average molecular weight is 627 g/mol. The van der Waals surface area contributed by atoms with Crippen LogP contribution in [0.25, 0.3) is 11.0 Å². The van der Waals surface area contributed by atoms with E-state index < -0.39 is 0 Å². The molecule has 0 spiro atoms. The molecule has 1 aliphatic rings. The number of hydrogen-bond acceptors (Lipinski definition) is 5. The number of furan rings is 1. The summed E-state index contributed by atoms with van der Waals surface area (Å²) >= 11 is 6.91. The number of piperazine rings is 1. The van der Waals surface area contributed by atoms with Crippen molar-refractivity contribution in [2.75, 3.05) is 43.0 Å². The lowest BCUT2D eigenvalue weighted by molar-refractivity contribution is -0.118. The quantitative estimate of drug-likeness (QED) is 0.274. The molecule has 1 fully saturated rings. The summed E-state index contributed by atoms with van der Waals surface area (Å²) in [5.74, 6) is 0.703. The third kappa shape index (κ3) is 5.83. The number of hydrogen-bond donors (Lipinski definition) is 1. The van der Waals surface area contributed by atoms with Crippen LogP contribution in [0.1, 0.15) is 16.1 Å². The number of carbonyl (C=O) groups excluding carboxylic acids is 2. The number of para-hydroxylation sites is 1. The smallest absolute Gasteiger partial charge is 0.289 e. The van der Waals surface area contributed by atoms with Crippen LogP contribution < -0.4 is 15.0 Å². The van der Waals surface area contributed by atoms with Gasteiger partial charge in [0, 0.05) is 47.4 Å². The van der Waals surface area contributed by atoms with Gasteiger partial charge in [-0.1, -0.05) is 34.1 Å². The van der Waals surface area contributed by atoms with Crippen molar-refractivity contribution < 1.29 is 18.7 Å². The molecule has 3 aromatic carbocycles. The topological polar surface area (TPSA) is 75.0 Å². The number of rotatable bonds is 6. The van der Waals surface area contributed by atoms with Gasteiger partial charge in [0.2, 0.25) is 0 Å². The maximum absolute atomic E-state index is 12.9. The lowest BCUT2D eigenvalue weighted by atomic mass is 10.2. The van der Waals surface area contributed by atoms with Gasteiger partial charge in [0.15, 0.2) is 12.4 Å². The lowest BCUT2D eigenvalue weighted by Gasteiger charge is -2.35. The molecular weight excluding hydrogens is 602 g/mol. The van der Waals surface area contributed by atoms with Gasteiger partial charge in [-0.05, 0) is 76.9 Å². The van der Waals surface area contributed by atoms with E-state index in [0.29, 0.717) is 43.4 Å². The number of halogens is 2. The van der Waals surface area contributed by atoms with Gasteiger partial charge in [-0.2, -0.15) is 0 Å². The molecule has 0 radical (unpaired) electrons. The van der Waals surface area contributed by atoms with E-state index in [2.05, 4.69) is 42.1 Å². The molecule has 0 bridgehead atoms. The van der Waals surface area contributed by atoms with Crippen LogP contribution in [0.15, 0.2) is 80.1 Å². The number of nitrogens with zero attached hydrogens (tertiary/aromatic N) is 2. The minimum absolute atomic E-state index is 0.0820. The molecule has 190 valence electrons. The average Bonchev–Trinajstić information content (AvgIpc) is 3.33. The highest BCUT2D eigenvalue weighted by atomic mass is 79.9. The molecular formula is C28H25Br2N3O4. The first-order chi connectivity index (χ1) is 17.9. The SMILES string of the molecule is Cc1cc(Br)cc(Br)c1OCC(=O)Nc1ccc(N2CCN(C(=O)c3cc4ccccc4o3)CC2)cc1. The molecule has 2 heterocycles. The summed E-state index contributed by atoms with van der Waals surface area (Å²) in [7, 11) is 0. The van der Waals surface area contributed by atoms with E-state index in [1.807, 2.05) is 72.5 Å². The predicted molar refractivity (Wildman–Crippen MR) is 151 cm³/mol. The van der Waals surface area contributed by atoms with Crippen molar-refractivity contribution in [3.8, 4) is 5.75 Å². The fourth-order valence-electron chi connectivity index (χ4n) is 4.37. The number of ether oxygens (including phenoxy) is 1. The predicted octanol–water partition coefficient (Wildman–Crippen LogP) is 6.25. The summed E-state index contributed by atoms with van der Waals surface area (Å²) in [6, 6.07) is 21.0. The molecule has 7 nitrogen and oxygen atoms in total. The highest BCUT2D eigenvalue weighted by Crippen LogP contribution is 2.32. The van der Waals surface area contributed by atoms with Crippen LogP contribution in [0.3, 0.4) is 0 Å². The van der Waals surface area contributed by atoms with E-state index in [0.717, 1.165) is 31.2 Å². The Morgan fingerprint density at radius 1 is 0.973 bits per heavy atom. The molecule has 37 heavy (non-hydrogen) atoms. The third-order valence-electron chi connectivity index (χ3n) is 6.26. The monoisotopic (exact) mass is 625 g/mol. The second kappa shape index (κ2) is 11.0. The first kappa shape index (κ1) is 25.4. The normalized spacial score (nSPS) is 13.6. The fraction of sp³-hybridized carbons (Fsp3) is 0.214. The van der Waals surface area contributed by atoms with Crippen molar-refractivity contribution in [1.29, 1.82) is 0 Å². The Kier molecular flexibility index (Phi) is 7.53. The molecule has 4 aromatic rings. The van der Waals surface area contributed by atoms with Crippen LogP contribution in [-0.2, 0) is 4.79 Å². The van der Waals surface area contributed by atoms with Crippen molar-refractivity contribution in [1.82, 2.24) is 4.90 Å². The van der Waals surface area contributed by atoms with E-state index >= 15 is 0 Å². The van der Waals surface area contributed by atoms with Crippen molar-refractivity contribution in [3.63, 3.8) is 0 Å². The molecule has 0 saturated carbocycles. The van der Waals surface area contributed by atoms with Gasteiger partial charge < -0.3 is 24.3 Å². The second-order valence-corrected chi connectivity index (χ2v) is 10.6. The van der Waals surface area contributed by atoms with Crippen LogP contribution in [0, 0.1) is 6.92 Å². The fourth-order valence-corrected chi connectivity index (χ4v) is 5.93. The number of aryl methyl sites for hydroxylation is 1. The maximum atomic E-state index is 12.9. The summed E-state index contributed by atoms with van der Waals surface area (Å²) in [5.41, 5.74) is 3.39. The van der Waals surface area contributed by atoms with Crippen molar-refractivity contribution in [2.24, 2.45) is 0 Å². The van der Waals surface area contributed by atoms with E-state index in [9.17, 15) is 9.59 Å². The Bertz CT molecular complexity index is 1390. The van der Waals surface area contributed by atoms with Gasteiger partial charge in [0.1, 0.15) is 11.3 Å². The molecule has 0 aliphatic carbocycles. The second-order valence-electron chi connectivity index (χ2n) is 8.85. The molecule has 9 heteroatoms. The van der Waals surface area contributed by atoms with Gasteiger partial charge >= 0.3 is 0 Å².